The number of para-hydroxylation sites is 1. The van der Waals surface area contributed by atoms with Crippen molar-refractivity contribution in [3.63, 3.8) is 0 Å². The lowest BCUT2D eigenvalue weighted by Gasteiger charge is -2.27. The van der Waals surface area contributed by atoms with E-state index in [0.717, 1.165) is 59.6 Å². The third kappa shape index (κ3) is 3.84. The maximum atomic E-state index is 13.1. The molecule has 1 saturated carbocycles. The monoisotopic (exact) mass is 457 g/mol. The van der Waals surface area contributed by atoms with Gasteiger partial charge in [0.1, 0.15) is 0 Å². The van der Waals surface area contributed by atoms with Crippen LogP contribution in [0.25, 0.3) is 22.3 Å². The van der Waals surface area contributed by atoms with Gasteiger partial charge in [0, 0.05) is 28.7 Å². The van der Waals surface area contributed by atoms with Gasteiger partial charge in [0.2, 0.25) is 5.91 Å². The van der Waals surface area contributed by atoms with Gasteiger partial charge in [-0.25, -0.2) is 0 Å². The maximum Gasteiger partial charge on any atom is 0.233 e. The zero-order valence-corrected chi connectivity index (χ0v) is 19.4. The molecule has 1 amide bonds. The van der Waals surface area contributed by atoms with Crippen molar-refractivity contribution in [2.24, 2.45) is 0 Å². The summed E-state index contributed by atoms with van der Waals surface area (Å²) in [4.78, 5) is 16.5. The molecule has 2 aliphatic rings. The fourth-order valence-electron chi connectivity index (χ4n) is 4.86. The average Bonchev–Trinajstić information content (AvgIpc) is 3.46. The van der Waals surface area contributed by atoms with Crippen molar-refractivity contribution < 1.29 is 4.79 Å². The SMILES string of the molecule is C[C@H](Sc1nnc(-c2c[nH]c3ccccc23)n1C1CC1)C(=O)N[C@H]1CCCc2ccccc21. The molecule has 2 aromatic heterocycles. The first-order chi connectivity index (χ1) is 16.2. The number of benzene rings is 2. The molecule has 1 fully saturated rings. The van der Waals surface area contributed by atoms with E-state index in [2.05, 4.69) is 61.5 Å². The molecule has 0 radical (unpaired) electrons. The average molecular weight is 458 g/mol. The molecule has 2 atom stereocenters. The summed E-state index contributed by atoms with van der Waals surface area (Å²) in [7, 11) is 0. The van der Waals surface area contributed by atoms with Crippen molar-refractivity contribution >= 4 is 28.6 Å². The summed E-state index contributed by atoms with van der Waals surface area (Å²) in [5, 5.41) is 14.1. The second-order valence-corrected chi connectivity index (χ2v) is 10.4. The normalized spacial score (nSPS) is 18.8. The Hall–Kier alpha value is -3.06. The van der Waals surface area contributed by atoms with Crippen LogP contribution in [0, 0.1) is 0 Å². The molecule has 2 aromatic carbocycles. The van der Waals surface area contributed by atoms with Crippen LogP contribution in [-0.2, 0) is 11.2 Å². The van der Waals surface area contributed by atoms with Gasteiger partial charge in [-0.05, 0) is 56.2 Å². The van der Waals surface area contributed by atoms with Gasteiger partial charge in [0.05, 0.1) is 11.3 Å². The summed E-state index contributed by atoms with van der Waals surface area (Å²) in [5.74, 6) is 0.937. The molecule has 6 rings (SSSR count). The lowest BCUT2D eigenvalue weighted by molar-refractivity contribution is -0.121. The Balaban J connectivity index is 1.23. The van der Waals surface area contributed by atoms with E-state index in [1.54, 1.807) is 0 Å². The highest BCUT2D eigenvalue weighted by Crippen LogP contribution is 2.43. The van der Waals surface area contributed by atoms with Gasteiger partial charge in [0.15, 0.2) is 11.0 Å². The minimum Gasteiger partial charge on any atom is -0.360 e. The number of aromatic amines is 1. The topological polar surface area (TPSA) is 75.6 Å². The summed E-state index contributed by atoms with van der Waals surface area (Å²) in [5.41, 5.74) is 4.77. The second kappa shape index (κ2) is 8.37. The minimum atomic E-state index is -0.253. The van der Waals surface area contributed by atoms with Crippen LogP contribution in [0.5, 0.6) is 0 Å². The van der Waals surface area contributed by atoms with Crippen molar-refractivity contribution in [2.45, 2.75) is 61.5 Å². The summed E-state index contributed by atoms with van der Waals surface area (Å²) in [6.07, 6.45) is 7.45. The number of carbonyl (C=O) groups is 1. The van der Waals surface area contributed by atoms with Gasteiger partial charge in [-0.15, -0.1) is 10.2 Å². The lowest BCUT2D eigenvalue weighted by Crippen LogP contribution is -2.36. The second-order valence-electron chi connectivity index (χ2n) is 9.07. The number of carbonyl (C=O) groups excluding carboxylic acids is 1. The number of nitrogens with zero attached hydrogens (tertiary/aromatic N) is 3. The predicted molar refractivity (Wildman–Crippen MR) is 131 cm³/mol. The highest BCUT2D eigenvalue weighted by molar-refractivity contribution is 8.00. The van der Waals surface area contributed by atoms with Crippen LogP contribution in [0.2, 0.25) is 0 Å². The van der Waals surface area contributed by atoms with E-state index in [0.29, 0.717) is 6.04 Å². The van der Waals surface area contributed by atoms with Crippen LogP contribution in [0.15, 0.2) is 59.9 Å². The van der Waals surface area contributed by atoms with Crippen molar-refractivity contribution in [3.05, 3.63) is 65.9 Å². The zero-order valence-electron chi connectivity index (χ0n) is 18.6. The van der Waals surface area contributed by atoms with E-state index >= 15 is 0 Å². The van der Waals surface area contributed by atoms with Crippen molar-refractivity contribution in [1.82, 2.24) is 25.1 Å². The van der Waals surface area contributed by atoms with Gasteiger partial charge in [-0.2, -0.15) is 0 Å². The van der Waals surface area contributed by atoms with Crippen molar-refractivity contribution in [1.29, 1.82) is 0 Å². The van der Waals surface area contributed by atoms with E-state index in [1.165, 1.54) is 22.9 Å². The zero-order chi connectivity index (χ0) is 22.4. The molecule has 7 heteroatoms. The first-order valence-corrected chi connectivity index (χ1v) is 12.6. The Morgan fingerprint density at radius 2 is 1.94 bits per heavy atom. The summed E-state index contributed by atoms with van der Waals surface area (Å²) in [6, 6.07) is 17.2. The van der Waals surface area contributed by atoms with Gasteiger partial charge in [-0.3, -0.25) is 9.36 Å². The Labute approximate surface area is 197 Å². The summed E-state index contributed by atoms with van der Waals surface area (Å²) < 4.78 is 2.24. The Bertz CT molecular complexity index is 1320. The van der Waals surface area contributed by atoms with E-state index in [-0.39, 0.29) is 17.2 Å². The molecule has 2 aliphatic carbocycles. The number of rotatable bonds is 6. The number of nitrogens with one attached hydrogen (secondary N) is 2. The van der Waals surface area contributed by atoms with Gasteiger partial charge in [0.25, 0.3) is 0 Å². The fourth-order valence-corrected chi connectivity index (χ4v) is 5.79. The molecule has 4 aromatic rings. The molecule has 0 spiro atoms. The van der Waals surface area contributed by atoms with Crippen LogP contribution in [0.3, 0.4) is 0 Å². The summed E-state index contributed by atoms with van der Waals surface area (Å²) in [6.45, 7) is 1.96. The van der Waals surface area contributed by atoms with E-state index < -0.39 is 0 Å². The molecular formula is C26H27N5OS. The third-order valence-electron chi connectivity index (χ3n) is 6.74. The molecule has 168 valence electrons. The summed E-state index contributed by atoms with van der Waals surface area (Å²) >= 11 is 1.51. The number of fused-ring (bicyclic) bond motifs is 2. The highest BCUT2D eigenvalue weighted by atomic mass is 32.2. The number of amides is 1. The van der Waals surface area contributed by atoms with E-state index in [1.807, 2.05) is 25.3 Å². The van der Waals surface area contributed by atoms with Crippen LogP contribution >= 0.6 is 11.8 Å². The third-order valence-corrected chi connectivity index (χ3v) is 7.80. The molecule has 6 nitrogen and oxygen atoms in total. The number of hydrogen-bond acceptors (Lipinski definition) is 4. The molecular weight excluding hydrogens is 430 g/mol. The molecule has 0 aliphatic heterocycles. The van der Waals surface area contributed by atoms with Crippen LogP contribution in [0.1, 0.15) is 55.8 Å². The molecule has 0 saturated heterocycles. The van der Waals surface area contributed by atoms with Gasteiger partial charge >= 0.3 is 0 Å². The van der Waals surface area contributed by atoms with Gasteiger partial charge in [-0.1, -0.05) is 54.2 Å². The lowest BCUT2D eigenvalue weighted by atomic mass is 9.88. The van der Waals surface area contributed by atoms with Crippen molar-refractivity contribution in [3.8, 4) is 11.4 Å². The van der Waals surface area contributed by atoms with E-state index in [4.69, 9.17) is 0 Å². The molecule has 2 N–H and O–H groups in total. The Morgan fingerprint density at radius 3 is 2.82 bits per heavy atom. The highest BCUT2D eigenvalue weighted by Gasteiger charge is 2.32. The predicted octanol–water partition coefficient (Wildman–Crippen LogP) is 5.44. The number of aryl methyl sites for hydroxylation is 1. The Morgan fingerprint density at radius 1 is 1.12 bits per heavy atom. The first kappa shape index (κ1) is 20.5. The number of aromatic nitrogens is 4. The maximum absolute atomic E-state index is 13.1. The fraction of sp³-hybridized carbons (Fsp3) is 0.346. The van der Waals surface area contributed by atoms with Gasteiger partial charge < -0.3 is 10.3 Å². The number of H-pyrrole nitrogens is 1. The van der Waals surface area contributed by atoms with Crippen LogP contribution in [0.4, 0.5) is 0 Å². The molecule has 0 bridgehead atoms. The van der Waals surface area contributed by atoms with Crippen molar-refractivity contribution in [2.75, 3.05) is 0 Å². The first-order valence-electron chi connectivity index (χ1n) is 11.8. The minimum absolute atomic E-state index is 0.0562. The van der Waals surface area contributed by atoms with Crippen LogP contribution in [-0.4, -0.2) is 30.9 Å². The molecule has 33 heavy (non-hydrogen) atoms. The largest absolute Gasteiger partial charge is 0.360 e. The number of thioether (sulfide) groups is 1. The molecule has 2 heterocycles. The van der Waals surface area contributed by atoms with Crippen LogP contribution < -0.4 is 5.32 Å². The number of hydrogen-bond donors (Lipinski definition) is 2. The standard InChI is InChI=1S/C26H27N5OS/c1-16(25(32)28-23-12-6-8-17-7-2-3-9-19(17)23)33-26-30-29-24(31(26)18-13-14-18)21-15-27-22-11-5-4-10-20(21)22/h2-5,7,9-11,15-16,18,23,27H,6,8,12-14H2,1H3,(H,28,32)/t16-,23-/m0/s1. The quantitative estimate of drug-likeness (QED) is 0.378. The van der Waals surface area contributed by atoms with E-state index in [9.17, 15) is 4.79 Å². The molecule has 0 unspecified atom stereocenters. The Kier molecular flexibility index (Phi) is 5.21. The smallest absolute Gasteiger partial charge is 0.233 e.